The number of methoxy groups -OCH3 is 1. The van der Waals surface area contributed by atoms with Gasteiger partial charge in [0.05, 0.1) is 29.2 Å². The summed E-state index contributed by atoms with van der Waals surface area (Å²) >= 11 is 0. The summed E-state index contributed by atoms with van der Waals surface area (Å²) in [6, 6.07) is 5.97. The molecule has 1 rings (SSSR count). The maximum atomic E-state index is 11.4. The quantitative estimate of drug-likeness (QED) is 0.462. The van der Waals surface area contributed by atoms with Crippen molar-refractivity contribution < 1.29 is 14.5 Å². The first-order chi connectivity index (χ1) is 9.40. The van der Waals surface area contributed by atoms with E-state index >= 15 is 0 Å². The van der Waals surface area contributed by atoms with Gasteiger partial charge in [-0.3, -0.25) is 14.9 Å². The van der Waals surface area contributed by atoms with Crippen LogP contribution in [0.15, 0.2) is 18.2 Å². The Morgan fingerprint density at radius 2 is 2.25 bits per heavy atom. The predicted molar refractivity (Wildman–Crippen MR) is 72.3 cm³/mol. The molecule has 0 radical (unpaired) electrons. The Balaban J connectivity index is 2.99. The van der Waals surface area contributed by atoms with Crippen molar-refractivity contribution in [2.24, 2.45) is 5.92 Å². The number of hydrogen-bond donors (Lipinski definition) is 0. The Hall–Kier alpha value is -2.62. The molecule has 0 bridgehead atoms. The summed E-state index contributed by atoms with van der Waals surface area (Å²) in [6.07, 6.45) is 0. The van der Waals surface area contributed by atoms with E-state index in [0.717, 1.165) is 0 Å². The first-order valence-electron chi connectivity index (χ1n) is 5.88. The number of benzene rings is 1. The molecule has 0 saturated carbocycles. The highest BCUT2D eigenvalue weighted by molar-refractivity contribution is 5.73. The fraction of sp³-hybridized carbons (Fsp3) is 0.385. The molecule has 1 aromatic rings. The van der Waals surface area contributed by atoms with Crippen molar-refractivity contribution >= 4 is 17.3 Å². The van der Waals surface area contributed by atoms with Gasteiger partial charge in [0.25, 0.3) is 5.69 Å². The van der Waals surface area contributed by atoms with E-state index < -0.39 is 4.92 Å². The summed E-state index contributed by atoms with van der Waals surface area (Å²) in [6.45, 7) is 2.05. The number of ether oxygens (including phenoxy) is 1. The number of anilines is 1. The molecule has 20 heavy (non-hydrogen) atoms. The Morgan fingerprint density at radius 1 is 1.60 bits per heavy atom. The van der Waals surface area contributed by atoms with Crippen LogP contribution in [0.1, 0.15) is 12.5 Å². The number of nitro benzene ring substituents is 1. The summed E-state index contributed by atoms with van der Waals surface area (Å²) in [5.41, 5.74) is 0.590. The van der Waals surface area contributed by atoms with Crippen LogP contribution in [-0.2, 0) is 9.53 Å². The van der Waals surface area contributed by atoms with Gasteiger partial charge in [0, 0.05) is 25.7 Å². The molecule has 0 fully saturated rings. The largest absolute Gasteiger partial charge is 0.469 e. The zero-order chi connectivity index (χ0) is 15.3. The number of nitrogens with zero attached hydrogens (tertiary/aromatic N) is 3. The van der Waals surface area contributed by atoms with Crippen LogP contribution in [-0.4, -0.2) is 31.6 Å². The topological polar surface area (TPSA) is 96.5 Å². The molecule has 0 aliphatic heterocycles. The van der Waals surface area contributed by atoms with E-state index in [4.69, 9.17) is 5.26 Å². The van der Waals surface area contributed by atoms with Gasteiger partial charge in [-0.05, 0) is 6.07 Å². The highest BCUT2D eigenvalue weighted by Crippen LogP contribution is 2.24. The maximum absolute atomic E-state index is 11.4. The number of esters is 1. The van der Waals surface area contributed by atoms with Crippen LogP contribution in [0.2, 0.25) is 0 Å². The average Bonchev–Trinajstić information content (AvgIpc) is 2.45. The molecule has 1 atom stereocenters. The van der Waals surface area contributed by atoms with Gasteiger partial charge in [-0.2, -0.15) is 5.26 Å². The normalized spacial score (nSPS) is 11.3. The lowest BCUT2D eigenvalue weighted by molar-refractivity contribution is -0.384. The van der Waals surface area contributed by atoms with Gasteiger partial charge in [0.15, 0.2) is 0 Å². The highest BCUT2D eigenvalue weighted by Gasteiger charge is 2.19. The van der Waals surface area contributed by atoms with Gasteiger partial charge in [-0.25, -0.2) is 0 Å². The van der Waals surface area contributed by atoms with E-state index in [1.807, 2.05) is 6.07 Å². The van der Waals surface area contributed by atoms with Crippen LogP contribution >= 0.6 is 0 Å². The predicted octanol–water partition coefficient (Wildman–Crippen LogP) is 1.71. The van der Waals surface area contributed by atoms with Crippen LogP contribution in [0, 0.1) is 27.4 Å². The first-order valence-corrected chi connectivity index (χ1v) is 5.88. The smallest absolute Gasteiger partial charge is 0.310 e. The van der Waals surface area contributed by atoms with Gasteiger partial charge >= 0.3 is 5.97 Å². The van der Waals surface area contributed by atoms with E-state index in [9.17, 15) is 14.9 Å². The third kappa shape index (κ3) is 3.45. The van der Waals surface area contributed by atoms with Gasteiger partial charge < -0.3 is 9.64 Å². The van der Waals surface area contributed by atoms with Crippen LogP contribution in [0.5, 0.6) is 0 Å². The second-order valence-electron chi connectivity index (χ2n) is 4.38. The molecule has 0 amide bonds. The van der Waals surface area contributed by atoms with Crippen molar-refractivity contribution in [2.45, 2.75) is 6.92 Å². The molecule has 0 saturated heterocycles. The summed E-state index contributed by atoms with van der Waals surface area (Å²) in [5.74, 6) is -0.719. The Kier molecular flexibility index (Phi) is 5.03. The number of nitro groups is 1. The molecule has 7 heteroatoms. The van der Waals surface area contributed by atoms with E-state index in [0.29, 0.717) is 12.2 Å². The molecule has 0 unspecified atom stereocenters. The lowest BCUT2D eigenvalue weighted by Crippen LogP contribution is -2.29. The van der Waals surface area contributed by atoms with Crippen molar-refractivity contribution in [1.29, 1.82) is 5.26 Å². The minimum absolute atomic E-state index is 0.139. The molecule has 7 nitrogen and oxygen atoms in total. The monoisotopic (exact) mass is 277 g/mol. The molecule has 0 spiro atoms. The fourth-order valence-corrected chi connectivity index (χ4v) is 1.84. The third-order valence-electron chi connectivity index (χ3n) is 2.87. The van der Waals surface area contributed by atoms with E-state index in [-0.39, 0.29) is 23.1 Å². The van der Waals surface area contributed by atoms with Crippen molar-refractivity contribution in [1.82, 2.24) is 0 Å². The van der Waals surface area contributed by atoms with E-state index in [2.05, 4.69) is 4.74 Å². The SMILES string of the molecule is COC(=O)[C@@H](C)CN(C)c1ccc([N+](=O)[O-])cc1C#N. The molecule has 106 valence electrons. The van der Waals surface area contributed by atoms with Crippen molar-refractivity contribution in [3.8, 4) is 6.07 Å². The van der Waals surface area contributed by atoms with Gasteiger partial charge in [0.2, 0.25) is 0 Å². The summed E-state index contributed by atoms with van der Waals surface area (Å²) in [4.78, 5) is 23.2. The Bertz CT molecular complexity index is 565. The Morgan fingerprint density at radius 3 is 2.75 bits per heavy atom. The van der Waals surface area contributed by atoms with Gasteiger partial charge in [-0.1, -0.05) is 6.92 Å². The Labute approximate surface area is 116 Å². The molecule has 0 heterocycles. The summed E-state index contributed by atoms with van der Waals surface area (Å²) in [7, 11) is 3.02. The van der Waals surface area contributed by atoms with Crippen LogP contribution < -0.4 is 4.90 Å². The zero-order valence-electron chi connectivity index (χ0n) is 11.5. The lowest BCUT2D eigenvalue weighted by atomic mass is 10.1. The second kappa shape index (κ2) is 6.52. The number of hydrogen-bond acceptors (Lipinski definition) is 6. The van der Waals surface area contributed by atoms with Crippen LogP contribution in [0.25, 0.3) is 0 Å². The number of rotatable bonds is 5. The fourth-order valence-electron chi connectivity index (χ4n) is 1.84. The van der Waals surface area contributed by atoms with Crippen molar-refractivity contribution in [2.75, 3.05) is 25.6 Å². The first kappa shape index (κ1) is 15.4. The minimum Gasteiger partial charge on any atom is -0.469 e. The lowest BCUT2D eigenvalue weighted by Gasteiger charge is -2.23. The third-order valence-corrected chi connectivity index (χ3v) is 2.87. The van der Waals surface area contributed by atoms with E-state index in [1.54, 1.807) is 18.9 Å². The second-order valence-corrected chi connectivity index (χ2v) is 4.38. The summed E-state index contributed by atoms with van der Waals surface area (Å²) in [5, 5.41) is 19.7. The molecule has 0 N–H and O–H groups in total. The van der Waals surface area contributed by atoms with Crippen molar-refractivity contribution in [3.63, 3.8) is 0 Å². The van der Waals surface area contributed by atoms with Gasteiger partial charge in [-0.15, -0.1) is 0 Å². The molecular weight excluding hydrogens is 262 g/mol. The average molecular weight is 277 g/mol. The zero-order valence-corrected chi connectivity index (χ0v) is 11.5. The highest BCUT2D eigenvalue weighted by atomic mass is 16.6. The van der Waals surface area contributed by atoms with Crippen LogP contribution in [0.3, 0.4) is 0 Å². The number of nitriles is 1. The molecule has 0 aliphatic rings. The molecule has 0 aromatic heterocycles. The number of carbonyl (C=O) groups is 1. The maximum Gasteiger partial charge on any atom is 0.310 e. The van der Waals surface area contributed by atoms with E-state index in [1.165, 1.54) is 25.3 Å². The standard InChI is InChI=1S/C13H15N3O4/c1-9(13(17)20-3)8-15(2)12-5-4-11(16(18)19)6-10(12)7-14/h4-6,9H,8H2,1-3H3/t9-/m0/s1. The summed E-state index contributed by atoms with van der Waals surface area (Å²) < 4.78 is 4.64. The number of carbonyl (C=O) groups excluding carboxylic acids is 1. The molecule has 1 aromatic carbocycles. The molecule has 0 aliphatic carbocycles. The van der Waals surface area contributed by atoms with Crippen LogP contribution in [0.4, 0.5) is 11.4 Å². The number of non-ortho nitro benzene ring substituents is 1. The molecular formula is C13H15N3O4. The van der Waals surface area contributed by atoms with Gasteiger partial charge in [0.1, 0.15) is 6.07 Å². The van der Waals surface area contributed by atoms with Crippen molar-refractivity contribution in [3.05, 3.63) is 33.9 Å². The minimum atomic E-state index is -0.554.